The number of carbonyl (C=O) groups is 2. The summed E-state index contributed by atoms with van der Waals surface area (Å²) >= 11 is 0. The molecule has 2 aromatic carbocycles. The highest BCUT2D eigenvalue weighted by Gasteiger charge is 2.32. The Morgan fingerprint density at radius 3 is 2.73 bits per heavy atom. The lowest BCUT2D eigenvalue weighted by molar-refractivity contribution is -0.132. The number of anilines is 1. The summed E-state index contributed by atoms with van der Waals surface area (Å²) in [5, 5.41) is 10.8. The maximum atomic E-state index is 12.9. The van der Waals surface area contributed by atoms with Gasteiger partial charge in [0.1, 0.15) is 23.7 Å². The predicted molar refractivity (Wildman–Crippen MR) is 139 cm³/mol. The number of carbonyl (C=O) groups excluding carboxylic acids is 2. The van der Waals surface area contributed by atoms with Crippen molar-refractivity contribution in [2.45, 2.75) is 52.7 Å². The number of fused-ring (bicyclic) bond motifs is 2. The molecule has 0 unspecified atom stereocenters. The van der Waals surface area contributed by atoms with Crippen LogP contribution in [0.4, 0.5) is 5.69 Å². The van der Waals surface area contributed by atoms with Crippen molar-refractivity contribution in [3.8, 4) is 11.5 Å². The molecular weight excluding hydrogens is 496 g/mol. The molecule has 1 amide bonds. The number of phenolic OH excluding ortho intramolecular Hbond substituents is 1. The fourth-order valence-corrected chi connectivity index (χ4v) is 5.47. The minimum atomic E-state index is -3.38. The lowest BCUT2D eigenvalue weighted by atomic mass is 9.94. The van der Waals surface area contributed by atoms with Gasteiger partial charge in [0, 0.05) is 36.3 Å². The Kier molecular flexibility index (Phi) is 7.49. The zero-order valence-electron chi connectivity index (χ0n) is 21.5. The SMILES string of the molecule is COc1c(C)c2c(c(O)c1C/C=C(\C)CCC(=O)N1CCc3ccc(NS(C)(=O)=O)cc3C1)C(=O)OC2. The molecule has 2 aliphatic rings. The second-order valence-corrected chi connectivity index (χ2v) is 11.3. The lowest BCUT2D eigenvalue weighted by Gasteiger charge is -2.29. The first-order valence-corrected chi connectivity index (χ1v) is 14.0. The number of rotatable bonds is 8. The van der Waals surface area contributed by atoms with Crippen LogP contribution in [0.1, 0.15) is 57.9 Å². The third-order valence-electron chi connectivity index (χ3n) is 6.91. The Bertz CT molecular complexity index is 1400. The summed E-state index contributed by atoms with van der Waals surface area (Å²) in [7, 11) is -1.85. The summed E-state index contributed by atoms with van der Waals surface area (Å²) in [6, 6.07) is 5.43. The zero-order chi connectivity index (χ0) is 26.9. The van der Waals surface area contributed by atoms with Gasteiger partial charge in [0.25, 0.3) is 0 Å². The van der Waals surface area contributed by atoms with Gasteiger partial charge in [-0.1, -0.05) is 17.7 Å². The molecule has 0 radical (unpaired) electrons. The second-order valence-electron chi connectivity index (χ2n) is 9.59. The quantitative estimate of drug-likeness (QED) is 0.396. The van der Waals surface area contributed by atoms with Crippen LogP contribution in [-0.2, 0) is 45.5 Å². The van der Waals surface area contributed by atoms with E-state index >= 15 is 0 Å². The highest BCUT2D eigenvalue weighted by atomic mass is 32.2. The predicted octanol–water partition coefficient (Wildman–Crippen LogP) is 3.61. The monoisotopic (exact) mass is 528 g/mol. The number of esters is 1. The van der Waals surface area contributed by atoms with Gasteiger partial charge in [0.05, 0.1) is 13.4 Å². The van der Waals surface area contributed by atoms with Gasteiger partial charge in [-0.15, -0.1) is 0 Å². The number of nitrogens with zero attached hydrogens (tertiary/aromatic N) is 1. The molecule has 2 aromatic rings. The largest absolute Gasteiger partial charge is 0.507 e. The van der Waals surface area contributed by atoms with Gasteiger partial charge in [-0.05, 0) is 61.9 Å². The summed E-state index contributed by atoms with van der Waals surface area (Å²) < 4.78 is 36.2. The third-order valence-corrected chi connectivity index (χ3v) is 7.52. The summed E-state index contributed by atoms with van der Waals surface area (Å²) in [5.41, 5.74) is 5.67. The molecule has 2 N–H and O–H groups in total. The molecule has 0 atom stereocenters. The van der Waals surface area contributed by atoms with Gasteiger partial charge in [0.15, 0.2) is 0 Å². The van der Waals surface area contributed by atoms with Crippen LogP contribution in [0.2, 0.25) is 0 Å². The Morgan fingerprint density at radius 2 is 2.03 bits per heavy atom. The Morgan fingerprint density at radius 1 is 1.27 bits per heavy atom. The maximum absolute atomic E-state index is 12.9. The molecule has 9 nitrogen and oxygen atoms in total. The van der Waals surface area contributed by atoms with E-state index in [1.54, 1.807) is 17.0 Å². The van der Waals surface area contributed by atoms with E-state index in [1.165, 1.54) is 7.11 Å². The average molecular weight is 529 g/mol. The number of hydrogen-bond acceptors (Lipinski definition) is 7. The first-order valence-electron chi connectivity index (χ1n) is 12.1. The number of hydrogen-bond donors (Lipinski definition) is 2. The highest BCUT2D eigenvalue weighted by molar-refractivity contribution is 7.92. The second kappa shape index (κ2) is 10.5. The summed E-state index contributed by atoms with van der Waals surface area (Å²) in [6.45, 7) is 4.95. The first-order chi connectivity index (χ1) is 17.5. The van der Waals surface area contributed by atoms with Crippen LogP contribution in [0.3, 0.4) is 0 Å². The lowest BCUT2D eigenvalue weighted by Crippen LogP contribution is -2.35. The van der Waals surface area contributed by atoms with Crippen LogP contribution < -0.4 is 9.46 Å². The Hall–Kier alpha value is -3.53. The third kappa shape index (κ3) is 5.74. The number of cyclic esters (lactones) is 1. The smallest absolute Gasteiger partial charge is 0.342 e. The molecular formula is C27H32N2O7S. The standard InChI is InChI=1S/C27H32N2O7S/c1-16(5-9-21-25(31)24-22(15-36-27(24)32)17(2)26(21)35-3)6-10-23(30)29-12-11-18-7-8-20(13-19(18)14-29)28-37(4,33)34/h5,7-8,13,28,31H,6,9-12,14-15H2,1-4H3/b16-5+. The van der Waals surface area contributed by atoms with Crippen LogP contribution in [0.25, 0.3) is 0 Å². The maximum Gasteiger partial charge on any atom is 0.342 e. The van der Waals surface area contributed by atoms with E-state index in [4.69, 9.17) is 9.47 Å². The minimum absolute atomic E-state index is 0.0245. The Balaban J connectivity index is 1.40. The molecule has 198 valence electrons. The fraction of sp³-hybridized carbons (Fsp3) is 0.407. The fourth-order valence-electron chi connectivity index (χ4n) is 4.92. The number of methoxy groups -OCH3 is 1. The van der Waals surface area contributed by atoms with E-state index in [9.17, 15) is 23.1 Å². The Labute approximate surface area is 217 Å². The van der Waals surface area contributed by atoms with Gasteiger partial charge in [0.2, 0.25) is 15.9 Å². The van der Waals surface area contributed by atoms with Crippen molar-refractivity contribution in [1.29, 1.82) is 0 Å². The number of amides is 1. The van der Waals surface area contributed by atoms with Crippen molar-refractivity contribution in [2.75, 3.05) is 24.6 Å². The van der Waals surface area contributed by atoms with E-state index in [0.717, 1.165) is 28.5 Å². The summed E-state index contributed by atoms with van der Waals surface area (Å²) in [4.78, 5) is 26.8. The number of ether oxygens (including phenoxy) is 2. The van der Waals surface area contributed by atoms with Crippen molar-refractivity contribution < 1.29 is 32.6 Å². The topological polar surface area (TPSA) is 122 Å². The molecule has 0 aromatic heterocycles. The van der Waals surface area contributed by atoms with Crippen LogP contribution in [0, 0.1) is 6.92 Å². The van der Waals surface area contributed by atoms with Crippen LogP contribution in [0.5, 0.6) is 11.5 Å². The number of benzene rings is 2. The van der Waals surface area contributed by atoms with E-state index in [-0.39, 0.29) is 23.8 Å². The van der Waals surface area contributed by atoms with E-state index in [0.29, 0.717) is 61.3 Å². The van der Waals surface area contributed by atoms with Crippen molar-refractivity contribution >= 4 is 27.6 Å². The molecule has 2 aliphatic heterocycles. The van der Waals surface area contributed by atoms with Crippen LogP contribution in [-0.4, -0.2) is 50.2 Å². The van der Waals surface area contributed by atoms with Crippen molar-refractivity contribution in [2.24, 2.45) is 0 Å². The van der Waals surface area contributed by atoms with E-state index in [2.05, 4.69) is 4.72 Å². The number of nitrogens with one attached hydrogen (secondary N) is 1. The molecule has 0 spiro atoms. The molecule has 0 saturated carbocycles. The molecule has 0 aliphatic carbocycles. The van der Waals surface area contributed by atoms with Crippen molar-refractivity contribution in [3.05, 3.63) is 63.2 Å². The van der Waals surface area contributed by atoms with Gasteiger partial charge in [-0.2, -0.15) is 0 Å². The molecule has 0 saturated heterocycles. The van der Waals surface area contributed by atoms with E-state index < -0.39 is 16.0 Å². The zero-order valence-corrected chi connectivity index (χ0v) is 22.3. The van der Waals surface area contributed by atoms with E-state index in [1.807, 2.05) is 26.0 Å². The average Bonchev–Trinajstić information content (AvgIpc) is 3.24. The molecule has 10 heteroatoms. The normalized spacial score (nSPS) is 15.2. The molecule has 37 heavy (non-hydrogen) atoms. The number of allylic oxidation sites excluding steroid dienone is 2. The number of phenols is 1. The van der Waals surface area contributed by atoms with Gasteiger partial charge < -0.3 is 19.5 Å². The summed E-state index contributed by atoms with van der Waals surface area (Å²) in [5.74, 6) is -0.0901. The molecule has 4 rings (SSSR count). The first kappa shape index (κ1) is 26.5. The highest BCUT2D eigenvalue weighted by Crippen LogP contribution is 2.42. The molecule has 2 heterocycles. The van der Waals surface area contributed by atoms with Crippen molar-refractivity contribution in [1.82, 2.24) is 4.90 Å². The summed E-state index contributed by atoms with van der Waals surface area (Å²) in [6.07, 6.45) is 4.99. The van der Waals surface area contributed by atoms with Crippen LogP contribution in [0.15, 0.2) is 29.8 Å². The van der Waals surface area contributed by atoms with Gasteiger partial charge >= 0.3 is 5.97 Å². The number of aromatic hydroxyl groups is 1. The molecule has 0 bridgehead atoms. The van der Waals surface area contributed by atoms with Crippen molar-refractivity contribution in [3.63, 3.8) is 0 Å². The van der Waals surface area contributed by atoms with Gasteiger partial charge in [-0.25, -0.2) is 13.2 Å². The minimum Gasteiger partial charge on any atom is -0.507 e. The number of sulfonamides is 1. The van der Waals surface area contributed by atoms with Gasteiger partial charge in [-0.3, -0.25) is 9.52 Å². The molecule has 0 fully saturated rings. The van der Waals surface area contributed by atoms with Crippen LogP contribution >= 0.6 is 0 Å².